The first kappa shape index (κ1) is 10.4. The molecule has 2 rings (SSSR count). The minimum Gasteiger partial charge on any atom is -0.341 e. The molecule has 0 bridgehead atoms. The smallest absolute Gasteiger partial charge is 0.110 e. The molecule has 2 nitrogen and oxygen atoms in total. The zero-order valence-corrected chi connectivity index (χ0v) is 9.98. The van der Waals surface area contributed by atoms with Crippen LogP contribution in [0.3, 0.4) is 0 Å². The summed E-state index contributed by atoms with van der Waals surface area (Å²) >= 11 is 23.7. The third kappa shape index (κ3) is 1.38. The van der Waals surface area contributed by atoms with E-state index in [0.29, 0.717) is 26.9 Å². The van der Waals surface area contributed by atoms with E-state index in [9.17, 15) is 0 Å². The van der Waals surface area contributed by atoms with Crippen LogP contribution in [0.1, 0.15) is 5.82 Å². The Bertz CT molecular complexity index is 473. The molecule has 0 amide bonds. The Kier molecular flexibility index (Phi) is 2.56. The summed E-state index contributed by atoms with van der Waals surface area (Å²) in [5.41, 5.74) is 1.16. The van der Waals surface area contributed by atoms with Crippen molar-refractivity contribution >= 4 is 57.4 Å². The van der Waals surface area contributed by atoms with E-state index >= 15 is 0 Å². The number of fused-ring (bicyclic) bond motifs is 1. The summed E-state index contributed by atoms with van der Waals surface area (Å²) in [4.78, 5) is 7.13. The lowest BCUT2D eigenvalue weighted by molar-refractivity contribution is 1.17. The number of hydrogen-bond acceptors (Lipinski definition) is 1. The summed E-state index contributed by atoms with van der Waals surface area (Å²) < 4.78 is 0. The van der Waals surface area contributed by atoms with Gasteiger partial charge in [-0.3, -0.25) is 0 Å². The van der Waals surface area contributed by atoms with E-state index < -0.39 is 0 Å². The van der Waals surface area contributed by atoms with Crippen LogP contribution in [0, 0.1) is 6.92 Å². The second-order valence-corrected chi connectivity index (χ2v) is 4.31. The van der Waals surface area contributed by atoms with Gasteiger partial charge in [-0.15, -0.1) is 0 Å². The third-order valence-electron chi connectivity index (χ3n) is 1.83. The normalized spacial score (nSPS) is 11.2. The van der Waals surface area contributed by atoms with Crippen LogP contribution in [0.15, 0.2) is 0 Å². The van der Waals surface area contributed by atoms with Gasteiger partial charge in [-0.25, -0.2) is 4.98 Å². The fourth-order valence-corrected chi connectivity index (χ4v) is 2.15. The summed E-state index contributed by atoms with van der Waals surface area (Å²) in [5, 5.41) is 1.14. The van der Waals surface area contributed by atoms with Crippen molar-refractivity contribution in [3.05, 3.63) is 25.9 Å². The Labute approximate surface area is 100 Å². The van der Waals surface area contributed by atoms with Gasteiger partial charge in [0.2, 0.25) is 0 Å². The monoisotopic (exact) mass is 268 g/mol. The Morgan fingerprint density at radius 2 is 1.50 bits per heavy atom. The highest BCUT2D eigenvalue weighted by atomic mass is 35.5. The van der Waals surface area contributed by atoms with Gasteiger partial charge in [-0.1, -0.05) is 46.4 Å². The lowest BCUT2D eigenvalue weighted by Crippen LogP contribution is -1.79. The van der Waals surface area contributed by atoms with Crippen molar-refractivity contribution in [2.75, 3.05) is 0 Å². The number of nitrogens with one attached hydrogen (secondary N) is 1. The molecule has 6 heteroatoms. The molecule has 1 heterocycles. The Morgan fingerprint density at radius 1 is 0.929 bits per heavy atom. The van der Waals surface area contributed by atoms with Crippen molar-refractivity contribution in [1.29, 1.82) is 0 Å². The van der Waals surface area contributed by atoms with Crippen LogP contribution in [0.4, 0.5) is 0 Å². The highest BCUT2D eigenvalue weighted by Crippen LogP contribution is 2.41. The highest BCUT2D eigenvalue weighted by Gasteiger charge is 2.17. The largest absolute Gasteiger partial charge is 0.341 e. The quantitative estimate of drug-likeness (QED) is 0.554. The molecule has 0 aliphatic carbocycles. The number of rotatable bonds is 0. The number of H-pyrrole nitrogens is 1. The molecular weight excluding hydrogens is 266 g/mol. The molecule has 0 saturated carbocycles. The van der Waals surface area contributed by atoms with Gasteiger partial charge in [-0.05, 0) is 6.92 Å². The predicted molar refractivity (Wildman–Crippen MR) is 60.9 cm³/mol. The third-order valence-corrected chi connectivity index (χ3v) is 3.62. The SMILES string of the molecule is Cc1nc2c(Cl)c(Cl)c(Cl)c(Cl)c2[nH]1. The number of benzene rings is 1. The maximum atomic E-state index is 5.97. The first-order valence-corrected chi connectivity index (χ1v) is 5.22. The molecule has 0 aliphatic rings. The van der Waals surface area contributed by atoms with Crippen LogP contribution < -0.4 is 0 Å². The van der Waals surface area contributed by atoms with Gasteiger partial charge >= 0.3 is 0 Å². The van der Waals surface area contributed by atoms with Crippen LogP contribution in [0.2, 0.25) is 20.1 Å². The van der Waals surface area contributed by atoms with E-state index in [1.165, 1.54) is 0 Å². The van der Waals surface area contributed by atoms with Gasteiger partial charge in [0.15, 0.2) is 0 Å². The molecule has 0 spiro atoms. The number of aromatic nitrogens is 2. The lowest BCUT2D eigenvalue weighted by atomic mass is 10.3. The first-order valence-electron chi connectivity index (χ1n) is 3.70. The number of aryl methyl sites for hydroxylation is 1. The number of nitrogens with zero attached hydrogens (tertiary/aromatic N) is 1. The number of aromatic amines is 1. The molecule has 1 aromatic carbocycles. The van der Waals surface area contributed by atoms with Crippen LogP contribution in [0.5, 0.6) is 0 Å². The lowest BCUT2D eigenvalue weighted by Gasteiger charge is -2.02. The number of imidazole rings is 1. The second-order valence-electron chi connectivity index (χ2n) is 2.80. The Balaban J connectivity index is 3.01. The van der Waals surface area contributed by atoms with Crippen LogP contribution in [-0.2, 0) is 0 Å². The van der Waals surface area contributed by atoms with Gasteiger partial charge in [-0.2, -0.15) is 0 Å². The molecule has 0 unspecified atom stereocenters. The summed E-state index contributed by atoms with van der Waals surface area (Å²) in [7, 11) is 0. The molecule has 2 aromatic rings. The molecule has 1 aromatic heterocycles. The average Bonchev–Trinajstić information content (AvgIpc) is 2.54. The zero-order chi connectivity index (χ0) is 10.5. The summed E-state index contributed by atoms with van der Waals surface area (Å²) in [6.07, 6.45) is 0. The topological polar surface area (TPSA) is 28.7 Å². The minimum atomic E-state index is 0.234. The van der Waals surface area contributed by atoms with E-state index in [-0.39, 0.29) is 10.0 Å². The van der Waals surface area contributed by atoms with E-state index in [1.807, 2.05) is 0 Å². The molecule has 1 N–H and O–H groups in total. The van der Waals surface area contributed by atoms with Gasteiger partial charge in [0.05, 0.1) is 25.6 Å². The van der Waals surface area contributed by atoms with Gasteiger partial charge < -0.3 is 4.98 Å². The van der Waals surface area contributed by atoms with Crippen LogP contribution >= 0.6 is 46.4 Å². The number of halogens is 4. The highest BCUT2D eigenvalue weighted by molar-refractivity contribution is 6.54. The first-order chi connectivity index (χ1) is 6.52. The zero-order valence-electron chi connectivity index (χ0n) is 6.96. The molecule has 74 valence electrons. The van der Waals surface area contributed by atoms with Crippen molar-refractivity contribution in [1.82, 2.24) is 9.97 Å². The maximum absolute atomic E-state index is 5.97. The summed E-state index contributed by atoms with van der Waals surface area (Å²) in [6.45, 7) is 1.80. The second kappa shape index (κ2) is 3.46. The standard InChI is InChI=1S/C8H4Cl4N2/c1-2-13-7-5(11)3(9)4(10)6(12)8(7)14-2/h1H3,(H,13,14). The fraction of sp³-hybridized carbons (Fsp3) is 0.125. The molecule has 0 saturated heterocycles. The minimum absolute atomic E-state index is 0.234. The van der Waals surface area contributed by atoms with Crippen LogP contribution in [-0.4, -0.2) is 9.97 Å². The number of hydrogen-bond donors (Lipinski definition) is 1. The molecule has 0 fully saturated rings. The summed E-state index contributed by atoms with van der Waals surface area (Å²) in [5.74, 6) is 0.710. The van der Waals surface area contributed by atoms with Crippen molar-refractivity contribution in [2.24, 2.45) is 0 Å². The molecule has 0 radical (unpaired) electrons. The van der Waals surface area contributed by atoms with Crippen molar-refractivity contribution in [3.8, 4) is 0 Å². The van der Waals surface area contributed by atoms with E-state index in [4.69, 9.17) is 46.4 Å². The molecule has 0 aliphatic heterocycles. The molecule has 14 heavy (non-hydrogen) atoms. The average molecular weight is 270 g/mol. The summed E-state index contributed by atoms with van der Waals surface area (Å²) in [6, 6.07) is 0. The maximum Gasteiger partial charge on any atom is 0.110 e. The molecule has 0 atom stereocenters. The Morgan fingerprint density at radius 3 is 2.14 bits per heavy atom. The van der Waals surface area contributed by atoms with Crippen molar-refractivity contribution in [3.63, 3.8) is 0 Å². The fourth-order valence-electron chi connectivity index (χ4n) is 1.22. The molecular formula is C8H4Cl4N2. The van der Waals surface area contributed by atoms with Gasteiger partial charge in [0, 0.05) is 0 Å². The van der Waals surface area contributed by atoms with Gasteiger partial charge in [0.25, 0.3) is 0 Å². The van der Waals surface area contributed by atoms with Crippen molar-refractivity contribution in [2.45, 2.75) is 6.92 Å². The Hall–Kier alpha value is -0.150. The van der Waals surface area contributed by atoms with Crippen LogP contribution in [0.25, 0.3) is 11.0 Å². The van der Waals surface area contributed by atoms with Crippen molar-refractivity contribution < 1.29 is 0 Å². The predicted octanol–water partition coefficient (Wildman–Crippen LogP) is 4.48. The van der Waals surface area contributed by atoms with E-state index in [1.54, 1.807) is 6.92 Å². The van der Waals surface area contributed by atoms with Gasteiger partial charge in [0.1, 0.15) is 11.3 Å². The van der Waals surface area contributed by atoms with E-state index in [0.717, 1.165) is 0 Å². The van der Waals surface area contributed by atoms with E-state index in [2.05, 4.69) is 9.97 Å².